The summed E-state index contributed by atoms with van der Waals surface area (Å²) >= 11 is 1.57. The molecule has 29 heavy (non-hydrogen) atoms. The number of rotatable bonds is 8. The van der Waals surface area contributed by atoms with Crippen LogP contribution in [0.5, 0.6) is 11.5 Å². The number of carbonyl (C=O) groups is 1. The van der Waals surface area contributed by atoms with E-state index in [0.717, 1.165) is 28.4 Å². The Morgan fingerprint density at radius 3 is 2.90 bits per heavy atom. The zero-order valence-corrected chi connectivity index (χ0v) is 17.0. The number of ether oxygens (including phenoxy) is 2. The molecule has 0 aliphatic carbocycles. The Morgan fingerprint density at radius 2 is 2.10 bits per heavy atom. The number of aryl methyl sites for hydroxylation is 1. The van der Waals surface area contributed by atoms with E-state index in [1.165, 1.54) is 0 Å². The highest BCUT2D eigenvalue weighted by Gasteiger charge is 2.18. The molecule has 1 amide bonds. The number of aromatic nitrogens is 2. The van der Waals surface area contributed by atoms with Crippen molar-refractivity contribution in [2.24, 2.45) is 0 Å². The fraction of sp³-hybridized carbons (Fsp3) is 0.381. The number of nitrogens with one attached hydrogen (secondary N) is 1. The second-order valence-electron chi connectivity index (χ2n) is 6.77. The summed E-state index contributed by atoms with van der Waals surface area (Å²) < 4.78 is 16.5. The quantitative estimate of drug-likeness (QED) is 0.597. The van der Waals surface area contributed by atoms with Gasteiger partial charge in [0.25, 0.3) is 0 Å². The van der Waals surface area contributed by atoms with Crippen molar-refractivity contribution in [2.45, 2.75) is 38.6 Å². The highest BCUT2D eigenvalue weighted by atomic mass is 32.1. The zero-order valence-electron chi connectivity index (χ0n) is 16.2. The van der Waals surface area contributed by atoms with E-state index in [2.05, 4.69) is 15.5 Å². The van der Waals surface area contributed by atoms with Crippen molar-refractivity contribution in [3.8, 4) is 22.2 Å². The van der Waals surface area contributed by atoms with Gasteiger partial charge in [-0.1, -0.05) is 24.2 Å². The molecule has 4 rings (SSSR count). The third-order valence-electron chi connectivity index (χ3n) is 4.72. The summed E-state index contributed by atoms with van der Waals surface area (Å²) in [6.07, 6.45) is 2.42. The highest BCUT2D eigenvalue weighted by molar-refractivity contribution is 7.13. The zero-order chi connectivity index (χ0) is 20.1. The molecule has 0 saturated carbocycles. The van der Waals surface area contributed by atoms with Gasteiger partial charge in [0.05, 0.1) is 10.9 Å². The average molecular weight is 413 g/mol. The van der Waals surface area contributed by atoms with Crippen molar-refractivity contribution in [1.29, 1.82) is 0 Å². The second kappa shape index (κ2) is 9.09. The van der Waals surface area contributed by atoms with E-state index in [-0.39, 0.29) is 11.9 Å². The van der Waals surface area contributed by atoms with E-state index in [9.17, 15) is 4.79 Å². The standard InChI is InChI=1S/C21H23N3O4S/c1-2-15(14-8-9-16-17(13-14)27-11-10-26-16)22-19(25)6-3-7-20-23-21(24-28-20)18-5-4-12-29-18/h4-5,8-9,12-13,15H,2-3,6-7,10-11H2,1H3,(H,22,25). The van der Waals surface area contributed by atoms with E-state index < -0.39 is 0 Å². The number of benzene rings is 1. The molecule has 1 aliphatic heterocycles. The lowest BCUT2D eigenvalue weighted by Gasteiger charge is -2.22. The molecular weight excluding hydrogens is 390 g/mol. The summed E-state index contributed by atoms with van der Waals surface area (Å²) in [6.45, 7) is 3.16. The molecule has 2 aromatic heterocycles. The summed E-state index contributed by atoms with van der Waals surface area (Å²) in [4.78, 5) is 17.8. The molecule has 1 atom stereocenters. The Bertz CT molecular complexity index is 955. The predicted molar refractivity (Wildman–Crippen MR) is 109 cm³/mol. The van der Waals surface area contributed by atoms with Crippen LogP contribution in [0.4, 0.5) is 0 Å². The van der Waals surface area contributed by atoms with E-state index >= 15 is 0 Å². The maximum atomic E-state index is 12.4. The first-order valence-electron chi connectivity index (χ1n) is 9.78. The minimum atomic E-state index is -0.0628. The van der Waals surface area contributed by atoms with Crippen molar-refractivity contribution in [1.82, 2.24) is 15.5 Å². The molecule has 3 aromatic rings. The maximum absolute atomic E-state index is 12.4. The lowest BCUT2D eigenvalue weighted by molar-refractivity contribution is -0.122. The minimum Gasteiger partial charge on any atom is -0.486 e. The van der Waals surface area contributed by atoms with Crippen LogP contribution in [0.3, 0.4) is 0 Å². The fourth-order valence-corrected chi connectivity index (χ4v) is 3.88. The third kappa shape index (κ3) is 4.76. The van der Waals surface area contributed by atoms with Gasteiger partial charge in [-0.05, 0) is 42.0 Å². The smallest absolute Gasteiger partial charge is 0.226 e. The molecule has 0 bridgehead atoms. The molecule has 0 radical (unpaired) electrons. The van der Waals surface area contributed by atoms with Gasteiger partial charge >= 0.3 is 0 Å². The molecule has 0 spiro atoms. The van der Waals surface area contributed by atoms with Crippen LogP contribution in [0.15, 0.2) is 40.2 Å². The lowest BCUT2D eigenvalue weighted by atomic mass is 10.0. The van der Waals surface area contributed by atoms with Crippen LogP contribution < -0.4 is 14.8 Å². The van der Waals surface area contributed by atoms with E-state index in [4.69, 9.17) is 14.0 Å². The van der Waals surface area contributed by atoms with E-state index in [0.29, 0.717) is 44.2 Å². The topological polar surface area (TPSA) is 86.5 Å². The Hall–Kier alpha value is -2.87. The first-order valence-corrected chi connectivity index (χ1v) is 10.7. The van der Waals surface area contributed by atoms with Gasteiger partial charge in [-0.15, -0.1) is 11.3 Å². The number of hydrogen-bond acceptors (Lipinski definition) is 7. The molecule has 152 valence electrons. The number of amides is 1. The first-order chi connectivity index (χ1) is 14.2. The number of thiophene rings is 1. The Labute approximate surface area is 173 Å². The van der Waals surface area contributed by atoms with Gasteiger partial charge in [-0.3, -0.25) is 4.79 Å². The molecule has 1 unspecified atom stereocenters. The molecule has 8 heteroatoms. The number of carbonyl (C=O) groups excluding carboxylic acids is 1. The molecule has 1 aromatic carbocycles. The lowest BCUT2D eigenvalue weighted by Crippen LogP contribution is -2.28. The van der Waals surface area contributed by atoms with Gasteiger partial charge in [0.2, 0.25) is 17.6 Å². The van der Waals surface area contributed by atoms with Gasteiger partial charge in [0.15, 0.2) is 11.5 Å². The maximum Gasteiger partial charge on any atom is 0.226 e. The number of hydrogen-bond donors (Lipinski definition) is 1. The number of nitrogens with zero attached hydrogens (tertiary/aromatic N) is 2. The molecule has 3 heterocycles. The largest absolute Gasteiger partial charge is 0.486 e. The highest BCUT2D eigenvalue weighted by Crippen LogP contribution is 2.33. The van der Waals surface area contributed by atoms with Gasteiger partial charge in [-0.25, -0.2) is 0 Å². The second-order valence-corrected chi connectivity index (χ2v) is 7.72. The van der Waals surface area contributed by atoms with Crippen LogP contribution in [0.25, 0.3) is 10.7 Å². The minimum absolute atomic E-state index is 0.00438. The monoisotopic (exact) mass is 413 g/mol. The Kier molecular flexibility index (Phi) is 6.09. The molecule has 0 fully saturated rings. The van der Waals surface area contributed by atoms with Crippen molar-refractivity contribution in [2.75, 3.05) is 13.2 Å². The normalized spacial score (nSPS) is 13.8. The fourth-order valence-electron chi connectivity index (χ4n) is 3.23. The molecule has 7 nitrogen and oxygen atoms in total. The van der Waals surface area contributed by atoms with Crippen LogP contribution in [0.2, 0.25) is 0 Å². The van der Waals surface area contributed by atoms with Crippen LogP contribution in [-0.2, 0) is 11.2 Å². The van der Waals surface area contributed by atoms with Crippen molar-refractivity contribution in [3.63, 3.8) is 0 Å². The van der Waals surface area contributed by atoms with Crippen LogP contribution in [-0.4, -0.2) is 29.3 Å². The van der Waals surface area contributed by atoms with Crippen LogP contribution in [0.1, 0.15) is 43.7 Å². The van der Waals surface area contributed by atoms with E-state index in [1.54, 1.807) is 11.3 Å². The van der Waals surface area contributed by atoms with Gasteiger partial charge in [0.1, 0.15) is 13.2 Å². The summed E-state index contributed by atoms with van der Waals surface area (Å²) in [5, 5.41) is 9.07. The molecule has 0 saturated heterocycles. The summed E-state index contributed by atoms with van der Waals surface area (Å²) in [6, 6.07) is 9.67. The SMILES string of the molecule is CCC(NC(=O)CCCc1nc(-c2cccs2)no1)c1ccc2c(c1)OCCO2. The van der Waals surface area contributed by atoms with Gasteiger partial charge < -0.3 is 19.3 Å². The molecule has 1 N–H and O–H groups in total. The van der Waals surface area contributed by atoms with Crippen LogP contribution >= 0.6 is 11.3 Å². The van der Waals surface area contributed by atoms with Crippen molar-refractivity contribution >= 4 is 17.2 Å². The van der Waals surface area contributed by atoms with Crippen molar-refractivity contribution < 1.29 is 18.8 Å². The van der Waals surface area contributed by atoms with Gasteiger partial charge in [0, 0.05) is 12.8 Å². The van der Waals surface area contributed by atoms with Crippen molar-refractivity contribution in [3.05, 3.63) is 47.2 Å². The average Bonchev–Trinajstić information content (AvgIpc) is 3.43. The van der Waals surface area contributed by atoms with Crippen LogP contribution in [0, 0.1) is 0 Å². The Morgan fingerprint density at radius 1 is 1.24 bits per heavy atom. The first kappa shape index (κ1) is 19.4. The third-order valence-corrected chi connectivity index (χ3v) is 5.58. The summed E-state index contributed by atoms with van der Waals surface area (Å²) in [7, 11) is 0. The van der Waals surface area contributed by atoms with E-state index in [1.807, 2.05) is 42.6 Å². The number of fused-ring (bicyclic) bond motifs is 1. The summed E-state index contributed by atoms with van der Waals surface area (Å²) in [5.41, 5.74) is 1.02. The molecular formula is C21H23N3O4S. The molecule has 1 aliphatic rings. The predicted octanol–water partition coefficient (Wildman–Crippen LogP) is 4.16. The Balaban J connectivity index is 1.28. The van der Waals surface area contributed by atoms with Gasteiger partial charge in [-0.2, -0.15) is 4.98 Å². The summed E-state index contributed by atoms with van der Waals surface area (Å²) in [5.74, 6) is 2.65.